The van der Waals surface area contributed by atoms with Gasteiger partial charge >= 0.3 is 0 Å². The highest BCUT2D eigenvalue weighted by molar-refractivity contribution is 4.95. The molecule has 1 unspecified atom stereocenters. The number of halogens is 2. The first-order valence-electron chi connectivity index (χ1n) is 3.61. The zero-order valence-electron chi connectivity index (χ0n) is 5.98. The summed E-state index contributed by atoms with van der Waals surface area (Å²) in [6, 6.07) is 0. The third kappa shape index (κ3) is 1.15. The predicted octanol–water partition coefficient (Wildman–Crippen LogP) is 1.80. The molecule has 1 fully saturated rings. The van der Waals surface area contributed by atoms with Crippen LogP contribution >= 0.6 is 0 Å². The Labute approximate surface area is 59.0 Å². The zero-order chi connectivity index (χ0) is 7.78. The van der Waals surface area contributed by atoms with E-state index < -0.39 is 12.0 Å². The topological polar surface area (TPSA) is 20.2 Å². The second-order valence-corrected chi connectivity index (χ2v) is 2.92. The maximum atomic E-state index is 12.1. The van der Waals surface area contributed by atoms with Crippen molar-refractivity contribution in [2.75, 3.05) is 0 Å². The van der Waals surface area contributed by atoms with Gasteiger partial charge in [0.2, 0.25) is 0 Å². The monoisotopic (exact) mass is 150 g/mol. The summed E-state index contributed by atoms with van der Waals surface area (Å²) in [6.45, 7) is 1.60. The van der Waals surface area contributed by atoms with Crippen LogP contribution in [0, 0.1) is 5.92 Å². The Bertz CT molecular complexity index is 119. The lowest BCUT2D eigenvalue weighted by Gasteiger charge is -2.25. The molecule has 0 saturated heterocycles. The molecule has 1 N–H and O–H groups in total. The Morgan fingerprint density at radius 2 is 2.10 bits per heavy atom. The number of alkyl halides is 2. The number of rotatable bonds is 3. The Morgan fingerprint density at radius 3 is 2.20 bits per heavy atom. The minimum atomic E-state index is -2.58. The van der Waals surface area contributed by atoms with E-state index in [-0.39, 0.29) is 12.3 Å². The van der Waals surface area contributed by atoms with Crippen LogP contribution in [0.1, 0.15) is 26.2 Å². The molecule has 0 aliphatic heterocycles. The van der Waals surface area contributed by atoms with E-state index in [2.05, 4.69) is 0 Å². The lowest BCUT2D eigenvalue weighted by atomic mass is 9.95. The molecule has 1 rings (SSSR count). The van der Waals surface area contributed by atoms with Crippen LogP contribution in [0.3, 0.4) is 0 Å². The van der Waals surface area contributed by atoms with Gasteiger partial charge in [-0.1, -0.05) is 6.92 Å². The van der Waals surface area contributed by atoms with Gasteiger partial charge in [0.05, 0.1) is 0 Å². The van der Waals surface area contributed by atoms with Gasteiger partial charge < -0.3 is 5.11 Å². The van der Waals surface area contributed by atoms with Crippen molar-refractivity contribution < 1.29 is 13.9 Å². The van der Waals surface area contributed by atoms with Crippen molar-refractivity contribution in [2.45, 2.75) is 38.2 Å². The van der Waals surface area contributed by atoms with E-state index in [4.69, 9.17) is 0 Å². The molecular formula is C7H12F2O. The fraction of sp³-hybridized carbons (Fsp3) is 1.00. The molecule has 0 aromatic heterocycles. The molecule has 0 aromatic carbocycles. The highest BCUT2D eigenvalue weighted by Crippen LogP contribution is 2.44. The SMILES string of the molecule is CCC(O)(C(F)F)C1CC1. The average Bonchev–Trinajstić information content (AvgIpc) is 2.67. The summed E-state index contributed by atoms with van der Waals surface area (Å²) < 4.78 is 24.2. The average molecular weight is 150 g/mol. The van der Waals surface area contributed by atoms with Gasteiger partial charge in [-0.2, -0.15) is 0 Å². The van der Waals surface area contributed by atoms with E-state index >= 15 is 0 Å². The summed E-state index contributed by atoms with van der Waals surface area (Å²) in [6.07, 6.45) is -0.899. The van der Waals surface area contributed by atoms with Gasteiger partial charge in [0.1, 0.15) is 5.60 Å². The van der Waals surface area contributed by atoms with Crippen molar-refractivity contribution in [1.29, 1.82) is 0 Å². The van der Waals surface area contributed by atoms with Crippen LogP contribution in [-0.2, 0) is 0 Å². The van der Waals surface area contributed by atoms with E-state index in [9.17, 15) is 13.9 Å². The molecule has 1 atom stereocenters. The van der Waals surface area contributed by atoms with Gasteiger partial charge in [0.15, 0.2) is 0 Å². The first-order valence-corrected chi connectivity index (χ1v) is 3.61. The summed E-state index contributed by atoms with van der Waals surface area (Å²) in [5, 5.41) is 9.29. The maximum absolute atomic E-state index is 12.1. The van der Waals surface area contributed by atoms with Crippen molar-refractivity contribution >= 4 is 0 Å². The van der Waals surface area contributed by atoms with E-state index in [1.165, 1.54) is 0 Å². The first kappa shape index (κ1) is 7.92. The Hall–Kier alpha value is -0.180. The van der Waals surface area contributed by atoms with Crippen LogP contribution in [0.2, 0.25) is 0 Å². The highest BCUT2D eigenvalue weighted by Gasteiger charge is 2.49. The molecule has 0 spiro atoms. The molecule has 10 heavy (non-hydrogen) atoms. The van der Waals surface area contributed by atoms with Crippen LogP contribution in [-0.4, -0.2) is 17.1 Å². The minimum Gasteiger partial charge on any atom is -0.384 e. The Balaban J connectivity index is 2.56. The molecule has 1 saturated carbocycles. The molecule has 1 nitrogen and oxygen atoms in total. The van der Waals surface area contributed by atoms with Crippen LogP contribution < -0.4 is 0 Å². The highest BCUT2D eigenvalue weighted by atomic mass is 19.3. The van der Waals surface area contributed by atoms with E-state index in [1.54, 1.807) is 6.92 Å². The molecule has 1 aliphatic rings. The molecule has 60 valence electrons. The molecule has 0 radical (unpaired) electrons. The van der Waals surface area contributed by atoms with Gasteiger partial charge in [0, 0.05) is 0 Å². The molecule has 0 aromatic rings. The molecule has 0 amide bonds. The van der Waals surface area contributed by atoms with Gasteiger partial charge in [0.25, 0.3) is 6.43 Å². The summed E-state index contributed by atoms with van der Waals surface area (Å²) in [5.74, 6) is -0.141. The third-order valence-electron chi connectivity index (χ3n) is 2.23. The van der Waals surface area contributed by atoms with Crippen LogP contribution in [0.4, 0.5) is 8.78 Å². The Morgan fingerprint density at radius 1 is 1.60 bits per heavy atom. The van der Waals surface area contributed by atoms with Crippen molar-refractivity contribution in [3.63, 3.8) is 0 Å². The second kappa shape index (κ2) is 2.46. The molecule has 1 aliphatic carbocycles. The minimum absolute atomic E-state index is 0.141. The molecule has 3 heteroatoms. The quantitative estimate of drug-likeness (QED) is 0.650. The first-order chi connectivity index (χ1) is 4.61. The van der Waals surface area contributed by atoms with Gasteiger partial charge in [-0.3, -0.25) is 0 Å². The third-order valence-corrected chi connectivity index (χ3v) is 2.23. The number of aliphatic hydroxyl groups is 1. The fourth-order valence-corrected chi connectivity index (χ4v) is 1.20. The predicted molar refractivity (Wildman–Crippen MR) is 34.0 cm³/mol. The zero-order valence-corrected chi connectivity index (χ0v) is 5.98. The lowest BCUT2D eigenvalue weighted by molar-refractivity contribution is -0.113. The van der Waals surface area contributed by atoms with E-state index in [0.29, 0.717) is 0 Å². The lowest BCUT2D eigenvalue weighted by Crippen LogP contribution is -2.38. The van der Waals surface area contributed by atoms with Crippen molar-refractivity contribution in [3.8, 4) is 0 Å². The summed E-state index contributed by atoms with van der Waals surface area (Å²) in [5.41, 5.74) is -1.68. The largest absolute Gasteiger partial charge is 0.384 e. The summed E-state index contributed by atoms with van der Waals surface area (Å²) in [4.78, 5) is 0. The molecule has 0 bridgehead atoms. The van der Waals surface area contributed by atoms with Gasteiger partial charge in [-0.25, -0.2) is 8.78 Å². The fourth-order valence-electron chi connectivity index (χ4n) is 1.20. The Kier molecular flexibility index (Phi) is 1.95. The van der Waals surface area contributed by atoms with Crippen LogP contribution in [0.15, 0.2) is 0 Å². The molecule has 0 heterocycles. The van der Waals surface area contributed by atoms with E-state index in [0.717, 1.165) is 12.8 Å². The standard InChI is InChI=1S/C7H12F2O/c1-2-7(10,6(8)9)5-3-4-5/h5-6,10H,2-4H2,1H3. The van der Waals surface area contributed by atoms with Crippen molar-refractivity contribution in [2.24, 2.45) is 5.92 Å². The normalized spacial score (nSPS) is 24.9. The van der Waals surface area contributed by atoms with Gasteiger partial charge in [-0.05, 0) is 25.2 Å². The van der Waals surface area contributed by atoms with Crippen LogP contribution in [0.25, 0.3) is 0 Å². The second-order valence-electron chi connectivity index (χ2n) is 2.92. The van der Waals surface area contributed by atoms with Crippen molar-refractivity contribution in [1.82, 2.24) is 0 Å². The molecular weight excluding hydrogens is 138 g/mol. The smallest absolute Gasteiger partial charge is 0.267 e. The summed E-state index contributed by atoms with van der Waals surface area (Å²) in [7, 11) is 0. The van der Waals surface area contributed by atoms with E-state index in [1.807, 2.05) is 0 Å². The maximum Gasteiger partial charge on any atom is 0.267 e. The summed E-state index contributed by atoms with van der Waals surface area (Å²) >= 11 is 0. The number of hydrogen-bond acceptors (Lipinski definition) is 1. The van der Waals surface area contributed by atoms with Gasteiger partial charge in [-0.15, -0.1) is 0 Å². The van der Waals surface area contributed by atoms with Crippen molar-refractivity contribution in [3.05, 3.63) is 0 Å². The van der Waals surface area contributed by atoms with Crippen LogP contribution in [0.5, 0.6) is 0 Å². The number of hydrogen-bond donors (Lipinski definition) is 1.